The van der Waals surface area contributed by atoms with Crippen molar-refractivity contribution in [2.24, 2.45) is 0 Å². The molecule has 5 rings (SSSR count). The smallest absolute Gasteiger partial charge is 0.251 e. The van der Waals surface area contributed by atoms with Gasteiger partial charge in [0.25, 0.3) is 5.91 Å². The molecule has 0 bridgehead atoms. The van der Waals surface area contributed by atoms with Gasteiger partial charge in [0.1, 0.15) is 0 Å². The normalized spacial score (nSPS) is 10.9. The summed E-state index contributed by atoms with van der Waals surface area (Å²) in [6, 6.07) is 31.5. The number of H-pyrrole nitrogens is 1. The van der Waals surface area contributed by atoms with Crippen LogP contribution in [0.3, 0.4) is 0 Å². The lowest BCUT2D eigenvalue weighted by molar-refractivity contribution is 0.0951. The summed E-state index contributed by atoms with van der Waals surface area (Å²) in [4.78, 5) is 12.5. The molecule has 0 aliphatic rings. The molecule has 0 saturated carbocycles. The number of benzene rings is 4. The molecular formula is C27H20ClN3O. The average Bonchev–Trinajstić information content (AvgIpc) is 3.32. The molecule has 32 heavy (non-hydrogen) atoms. The Balaban J connectivity index is 1.32. The Morgan fingerprint density at radius 3 is 2.50 bits per heavy atom. The van der Waals surface area contributed by atoms with Gasteiger partial charge in [-0.2, -0.15) is 5.10 Å². The Morgan fingerprint density at radius 1 is 0.875 bits per heavy atom. The fourth-order valence-corrected chi connectivity index (χ4v) is 4.00. The molecule has 0 aliphatic heterocycles. The number of aromatic nitrogens is 2. The molecule has 0 saturated heterocycles. The van der Waals surface area contributed by atoms with Crippen LogP contribution in [0.15, 0.2) is 97.1 Å². The number of halogens is 1. The molecular weight excluding hydrogens is 418 g/mol. The number of rotatable bonds is 5. The largest absolute Gasteiger partial charge is 0.348 e. The van der Waals surface area contributed by atoms with Crippen LogP contribution < -0.4 is 5.32 Å². The number of aromatic amines is 1. The van der Waals surface area contributed by atoms with Gasteiger partial charge >= 0.3 is 0 Å². The van der Waals surface area contributed by atoms with Crippen molar-refractivity contribution in [3.63, 3.8) is 0 Å². The lowest BCUT2D eigenvalue weighted by Gasteiger charge is -2.06. The third kappa shape index (κ3) is 4.13. The number of carbonyl (C=O) groups is 1. The summed E-state index contributed by atoms with van der Waals surface area (Å²) in [7, 11) is 0. The number of amides is 1. The van der Waals surface area contributed by atoms with Crippen LogP contribution in [-0.4, -0.2) is 16.1 Å². The van der Waals surface area contributed by atoms with Gasteiger partial charge in [-0.3, -0.25) is 9.89 Å². The first-order valence-electron chi connectivity index (χ1n) is 10.3. The molecule has 0 fully saturated rings. The summed E-state index contributed by atoms with van der Waals surface area (Å²) in [5, 5.41) is 13.6. The maximum absolute atomic E-state index is 12.5. The number of hydrogen-bond donors (Lipinski definition) is 2. The van der Waals surface area contributed by atoms with Crippen molar-refractivity contribution in [1.82, 2.24) is 15.5 Å². The Kier molecular flexibility index (Phi) is 5.44. The molecule has 2 N–H and O–H groups in total. The summed E-state index contributed by atoms with van der Waals surface area (Å²) in [6.45, 7) is 0.425. The molecule has 5 heteroatoms. The van der Waals surface area contributed by atoms with Gasteiger partial charge in [0.15, 0.2) is 0 Å². The third-order valence-corrected chi connectivity index (χ3v) is 5.68. The summed E-state index contributed by atoms with van der Waals surface area (Å²) in [5.41, 5.74) is 5.40. The lowest BCUT2D eigenvalue weighted by Crippen LogP contribution is -2.22. The van der Waals surface area contributed by atoms with Gasteiger partial charge in [-0.1, -0.05) is 78.3 Å². The Labute approximate surface area is 190 Å². The van der Waals surface area contributed by atoms with Crippen LogP contribution in [0.2, 0.25) is 5.02 Å². The minimum atomic E-state index is -0.130. The highest BCUT2D eigenvalue weighted by molar-refractivity contribution is 6.30. The highest BCUT2D eigenvalue weighted by atomic mass is 35.5. The van der Waals surface area contributed by atoms with Gasteiger partial charge < -0.3 is 5.32 Å². The van der Waals surface area contributed by atoms with Crippen molar-refractivity contribution in [1.29, 1.82) is 0 Å². The molecule has 1 aromatic heterocycles. The van der Waals surface area contributed by atoms with E-state index < -0.39 is 0 Å². The summed E-state index contributed by atoms with van der Waals surface area (Å²) >= 11 is 6.00. The van der Waals surface area contributed by atoms with E-state index in [0.29, 0.717) is 17.1 Å². The first kappa shape index (κ1) is 20.0. The van der Waals surface area contributed by atoms with E-state index in [1.54, 1.807) is 0 Å². The van der Waals surface area contributed by atoms with E-state index in [0.717, 1.165) is 28.1 Å². The second-order valence-corrected chi connectivity index (χ2v) is 8.02. The second-order valence-electron chi connectivity index (χ2n) is 7.58. The van der Waals surface area contributed by atoms with E-state index in [4.69, 9.17) is 11.6 Å². The highest BCUT2D eigenvalue weighted by Gasteiger charge is 2.10. The standard InChI is InChI=1S/C27H20ClN3O/c28-22-8-3-5-18(15-22)17-29-27(32)21-13-11-20(12-14-21)25-16-26(31-30-25)24-10-4-7-19-6-1-2-9-23(19)24/h1-16H,17H2,(H,29,32)(H,30,31). The van der Waals surface area contributed by atoms with E-state index >= 15 is 0 Å². The zero-order chi connectivity index (χ0) is 21.9. The quantitative estimate of drug-likeness (QED) is 0.330. The van der Waals surface area contributed by atoms with Gasteiger partial charge in [-0.25, -0.2) is 0 Å². The second kappa shape index (κ2) is 8.69. The van der Waals surface area contributed by atoms with E-state index in [-0.39, 0.29) is 5.91 Å². The summed E-state index contributed by atoms with van der Waals surface area (Å²) in [6.07, 6.45) is 0. The van der Waals surface area contributed by atoms with Crippen molar-refractivity contribution in [2.75, 3.05) is 0 Å². The van der Waals surface area contributed by atoms with Gasteiger partial charge in [0.05, 0.1) is 11.4 Å². The highest BCUT2D eigenvalue weighted by Crippen LogP contribution is 2.29. The Hall–Kier alpha value is -3.89. The fraction of sp³-hybridized carbons (Fsp3) is 0.0370. The Bertz CT molecular complexity index is 1400. The molecule has 4 nitrogen and oxygen atoms in total. The van der Waals surface area contributed by atoms with E-state index in [1.165, 1.54) is 10.8 Å². The first-order chi connectivity index (χ1) is 15.7. The lowest BCUT2D eigenvalue weighted by atomic mass is 10.0. The molecule has 0 aliphatic carbocycles. The SMILES string of the molecule is O=C(NCc1cccc(Cl)c1)c1ccc(-c2cc(-c3cccc4ccccc34)[nH]n2)cc1. The third-order valence-electron chi connectivity index (χ3n) is 5.44. The maximum atomic E-state index is 12.5. The van der Waals surface area contributed by atoms with E-state index in [9.17, 15) is 4.79 Å². The summed E-state index contributed by atoms with van der Waals surface area (Å²) < 4.78 is 0. The van der Waals surface area contributed by atoms with Crippen molar-refractivity contribution >= 4 is 28.3 Å². The van der Waals surface area contributed by atoms with Crippen LogP contribution >= 0.6 is 11.6 Å². The average molecular weight is 438 g/mol. The van der Waals surface area contributed by atoms with Crippen LogP contribution in [0.1, 0.15) is 15.9 Å². The molecule has 4 aromatic carbocycles. The molecule has 5 aromatic rings. The molecule has 0 radical (unpaired) electrons. The predicted molar refractivity (Wildman–Crippen MR) is 130 cm³/mol. The van der Waals surface area contributed by atoms with Crippen molar-refractivity contribution in [3.05, 3.63) is 113 Å². The molecule has 156 valence electrons. The minimum Gasteiger partial charge on any atom is -0.348 e. The molecule has 1 heterocycles. The number of hydrogen-bond acceptors (Lipinski definition) is 2. The molecule has 0 unspecified atom stereocenters. The first-order valence-corrected chi connectivity index (χ1v) is 10.7. The fourth-order valence-electron chi connectivity index (χ4n) is 3.79. The van der Waals surface area contributed by atoms with Crippen molar-refractivity contribution < 1.29 is 4.79 Å². The number of nitrogens with zero attached hydrogens (tertiary/aromatic N) is 1. The van der Waals surface area contributed by atoms with Gasteiger partial charge in [-0.15, -0.1) is 0 Å². The van der Waals surface area contributed by atoms with Crippen molar-refractivity contribution in [2.45, 2.75) is 6.54 Å². The van der Waals surface area contributed by atoms with Crippen LogP contribution in [0.4, 0.5) is 0 Å². The zero-order valence-corrected chi connectivity index (χ0v) is 17.9. The van der Waals surface area contributed by atoms with Crippen LogP contribution in [0.25, 0.3) is 33.3 Å². The number of fused-ring (bicyclic) bond motifs is 1. The van der Waals surface area contributed by atoms with Gasteiger partial charge in [0, 0.05) is 28.3 Å². The van der Waals surface area contributed by atoms with Gasteiger partial charge in [-0.05, 0) is 46.7 Å². The van der Waals surface area contributed by atoms with Crippen LogP contribution in [0, 0.1) is 0 Å². The van der Waals surface area contributed by atoms with Gasteiger partial charge in [0.2, 0.25) is 0 Å². The number of carbonyl (C=O) groups excluding carboxylic acids is 1. The van der Waals surface area contributed by atoms with E-state index in [2.05, 4.69) is 45.8 Å². The predicted octanol–water partition coefficient (Wildman–Crippen LogP) is 6.48. The Morgan fingerprint density at radius 2 is 1.66 bits per heavy atom. The summed E-state index contributed by atoms with van der Waals surface area (Å²) in [5.74, 6) is -0.130. The van der Waals surface area contributed by atoms with Crippen LogP contribution in [-0.2, 0) is 6.54 Å². The molecule has 0 spiro atoms. The maximum Gasteiger partial charge on any atom is 0.251 e. The topological polar surface area (TPSA) is 57.8 Å². The van der Waals surface area contributed by atoms with E-state index in [1.807, 2.05) is 66.7 Å². The van der Waals surface area contributed by atoms with Crippen LogP contribution in [0.5, 0.6) is 0 Å². The minimum absolute atomic E-state index is 0.130. The monoisotopic (exact) mass is 437 g/mol. The zero-order valence-electron chi connectivity index (χ0n) is 17.2. The molecule has 1 amide bonds. The van der Waals surface area contributed by atoms with Crippen molar-refractivity contribution in [3.8, 4) is 22.5 Å². The number of nitrogens with one attached hydrogen (secondary N) is 2. The molecule has 0 atom stereocenters.